The SMILES string of the molecule is C.C=C1NC(=O)C(C)=CN1[C@H]1CC(O)[C@@H](C[18OH])O1.Cc1cn([C@H]2CC(O)[C@@H](CO)O2)c(=[18O])[nH]c1=O. The topological polar surface area (TPSA) is 187 Å². The number of aromatic nitrogens is 2. The Kier molecular flexibility index (Phi) is 9.54. The Labute approximate surface area is 201 Å². The summed E-state index contributed by atoms with van der Waals surface area (Å²) in [4.78, 5) is 37.9. The summed E-state index contributed by atoms with van der Waals surface area (Å²) >= 11 is 0. The molecule has 0 spiro atoms. The van der Waals surface area contributed by atoms with Gasteiger partial charge in [-0.3, -0.25) is 19.1 Å². The number of aliphatic hydroxyl groups is 4. The van der Waals surface area contributed by atoms with Gasteiger partial charge in [0.1, 0.15) is 30.5 Å². The van der Waals surface area contributed by atoms with Gasteiger partial charge in [0, 0.05) is 36.4 Å². The molecule has 0 aromatic carbocycles. The van der Waals surface area contributed by atoms with Crippen LogP contribution in [0.4, 0.5) is 0 Å². The molecule has 13 heteroatoms. The van der Waals surface area contributed by atoms with E-state index in [1.54, 1.807) is 24.9 Å². The summed E-state index contributed by atoms with van der Waals surface area (Å²) in [5.41, 5.74) is -0.0991. The molecule has 13 nitrogen and oxygen atoms in total. The molecule has 3 aliphatic rings. The Hall–Kier alpha value is -2.81. The highest BCUT2D eigenvalue weighted by Gasteiger charge is 2.38. The molecule has 1 aromatic heterocycles. The van der Waals surface area contributed by atoms with E-state index in [0.29, 0.717) is 23.4 Å². The first-order chi connectivity index (χ1) is 16.0. The molecule has 6 N–H and O–H groups in total. The maximum Gasteiger partial charge on any atom is 0.330 e. The van der Waals surface area contributed by atoms with Crippen LogP contribution in [0, 0.1) is 6.92 Å². The van der Waals surface area contributed by atoms with Gasteiger partial charge in [-0.05, 0) is 13.8 Å². The molecule has 0 radical (unpaired) electrons. The van der Waals surface area contributed by atoms with Crippen molar-refractivity contribution in [2.45, 2.75) is 71.0 Å². The molecule has 196 valence electrons. The lowest BCUT2D eigenvalue weighted by molar-refractivity contribution is -0.118. The van der Waals surface area contributed by atoms with Crippen molar-refractivity contribution in [3.05, 3.63) is 56.8 Å². The fourth-order valence-corrected chi connectivity index (χ4v) is 3.80. The number of aromatic amines is 1. The third-order valence-electron chi connectivity index (χ3n) is 5.79. The molecule has 2 saturated heterocycles. The van der Waals surface area contributed by atoms with Crippen LogP contribution in [0.15, 0.2) is 40.0 Å². The first-order valence-electron chi connectivity index (χ1n) is 10.7. The van der Waals surface area contributed by atoms with Crippen LogP contribution in [0.1, 0.15) is 39.0 Å². The molecule has 2 unspecified atom stereocenters. The Balaban J connectivity index is 0.000000240. The molecule has 35 heavy (non-hydrogen) atoms. The summed E-state index contributed by atoms with van der Waals surface area (Å²) in [5.74, 6) is 0.222. The zero-order valence-electron chi connectivity index (χ0n) is 18.9. The lowest BCUT2D eigenvalue weighted by atomic mass is 10.2. The van der Waals surface area contributed by atoms with E-state index < -0.39 is 48.1 Å². The Morgan fingerprint density at radius 1 is 1.17 bits per heavy atom. The summed E-state index contributed by atoms with van der Waals surface area (Å²) in [7, 11) is 0. The third kappa shape index (κ3) is 6.25. The number of hydrogen-bond acceptors (Lipinski definition) is 10. The van der Waals surface area contributed by atoms with E-state index >= 15 is 0 Å². The molecule has 6 atom stereocenters. The molecular weight excluding hydrogens is 468 g/mol. The number of aryl methyl sites for hydroxylation is 1. The van der Waals surface area contributed by atoms with Crippen LogP contribution in [0.25, 0.3) is 0 Å². The van der Waals surface area contributed by atoms with E-state index in [-0.39, 0.29) is 33.0 Å². The maximum atomic E-state index is 11.6. The van der Waals surface area contributed by atoms with E-state index in [0.717, 1.165) is 0 Å². The van der Waals surface area contributed by atoms with E-state index in [1.807, 2.05) is 0 Å². The van der Waals surface area contributed by atoms with Crippen LogP contribution in [-0.2, 0) is 14.3 Å². The summed E-state index contributed by atoms with van der Waals surface area (Å²) in [6.45, 7) is 6.44. The van der Waals surface area contributed by atoms with E-state index in [2.05, 4.69) is 16.9 Å². The highest BCUT2D eigenvalue weighted by atomic mass is 18.2. The number of carbonyl (C=O) groups is 1. The van der Waals surface area contributed by atoms with Gasteiger partial charge in [0.25, 0.3) is 11.5 Å². The van der Waals surface area contributed by atoms with Gasteiger partial charge in [-0.2, -0.15) is 0 Å². The van der Waals surface area contributed by atoms with Crippen LogP contribution in [0.5, 0.6) is 0 Å². The van der Waals surface area contributed by atoms with Crippen LogP contribution in [0.3, 0.4) is 0 Å². The number of carbonyl (C=O) groups excluding carboxylic acids is 1. The summed E-state index contributed by atoms with van der Waals surface area (Å²) in [6.07, 6.45) is -0.279. The first kappa shape index (κ1) is 28.4. The molecule has 3 aliphatic heterocycles. The van der Waals surface area contributed by atoms with Crippen LogP contribution in [0.2, 0.25) is 0 Å². The second-order valence-electron chi connectivity index (χ2n) is 8.33. The second-order valence-corrected chi connectivity index (χ2v) is 8.33. The number of rotatable bonds is 4. The standard InChI is InChI=1S/C11H16N2O4.C10H14N2O5.CH4/c1-6-4-13(7(2)12-11(6)16)10-3-8(15)9(5-14)17-10;1-5-3-12(10(16)11-9(5)15)8-2-6(14)7(4-13)17-8;/h4,8-10,14-15H,2-3,5H2,1H3,(H,12,16);3,6-8,13-14H,2,4H2,1H3,(H,11,15,16);1H4/t8?,9-,10-;6?,7-,8-;/m11./s1/i14+2;16+2;. The van der Waals surface area contributed by atoms with Crippen molar-refractivity contribution in [3.63, 3.8) is 0 Å². The minimum absolute atomic E-state index is 0. The fourth-order valence-electron chi connectivity index (χ4n) is 3.80. The predicted molar refractivity (Wildman–Crippen MR) is 124 cm³/mol. The number of aliphatic hydroxyl groups excluding tert-OH is 4. The monoisotopic (exact) mass is 502 g/mol. The van der Waals surface area contributed by atoms with Crippen LogP contribution >= 0.6 is 0 Å². The Morgan fingerprint density at radius 2 is 1.77 bits per heavy atom. The molecule has 2 fully saturated rings. The second kappa shape index (κ2) is 11.7. The third-order valence-corrected chi connectivity index (χ3v) is 5.79. The van der Waals surface area contributed by atoms with Gasteiger partial charge >= 0.3 is 5.69 Å². The molecule has 4 heterocycles. The number of H-pyrrole nitrogens is 1. The summed E-state index contributed by atoms with van der Waals surface area (Å²) in [6, 6.07) is 0. The number of amides is 1. The number of hydrogen-bond donors (Lipinski definition) is 6. The maximum absolute atomic E-state index is 11.6. The zero-order valence-corrected chi connectivity index (χ0v) is 18.9. The molecule has 4 rings (SSSR count). The van der Waals surface area contributed by atoms with Gasteiger partial charge in [0.05, 0.1) is 25.4 Å². The number of nitrogens with one attached hydrogen (secondary N) is 2. The van der Waals surface area contributed by atoms with Crippen molar-refractivity contribution in [2.75, 3.05) is 13.2 Å². The molecule has 0 bridgehead atoms. The highest BCUT2D eigenvalue weighted by molar-refractivity contribution is 5.94. The Bertz CT molecular complexity index is 1070. The van der Waals surface area contributed by atoms with Gasteiger partial charge < -0.3 is 40.1 Å². The summed E-state index contributed by atoms with van der Waals surface area (Å²) in [5, 5.41) is 39.8. The van der Waals surface area contributed by atoms with Gasteiger partial charge in [-0.15, -0.1) is 0 Å². The Morgan fingerprint density at radius 3 is 2.34 bits per heavy atom. The zero-order chi connectivity index (χ0) is 25.2. The van der Waals surface area contributed by atoms with Gasteiger partial charge in [-0.25, -0.2) is 4.79 Å². The molecule has 0 saturated carbocycles. The van der Waals surface area contributed by atoms with E-state index in [1.165, 1.54) is 10.8 Å². The lowest BCUT2D eigenvalue weighted by Crippen LogP contribution is -2.42. The average molecular weight is 503 g/mol. The van der Waals surface area contributed by atoms with Crippen molar-refractivity contribution >= 4 is 5.91 Å². The smallest absolute Gasteiger partial charge is 0.330 e. The van der Waals surface area contributed by atoms with Crippen molar-refractivity contribution in [1.82, 2.24) is 19.8 Å². The van der Waals surface area contributed by atoms with Crippen molar-refractivity contribution in [1.29, 1.82) is 0 Å². The molecule has 1 aromatic rings. The van der Waals surface area contributed by atoms with Gasteiger partial charge in [-0.1, -0.05) is 14.0 Å². The predicted octanol–water partition coefficient (Wildman–Crippen LogP) is -1.62. The van der Waals surface area contributed by atoms with E-state index in [9.17, 15) is 24.6 Å². The number of ether oxygens (including phenoxy) is 2. The number of nitrogens with zero attached hydrogens (tertiary/aromatic N) is 2. The normalized spacial score (nSPS) is 30.2. The first-order valence-corrected chi connectivity index (χ1v) is 10.7. The minimum Gasteiger partial charge on any atom is -0.394 e. The lowest BCUT2D eigenvalue weighted by Gasteiger charge is -2.32. The fraction of sp³-hybridized carbons (Fsp3) is 0.591. The summed E-state index contributed by atoms with van der Waals surface area (Å²) < 4.78 is 12.0. The van der Waals surface area contributed by atoms with E-state index in [4.69, 9.17) is 19.7 Å². The van der Waals surface area contributed by atoms with Crippen LogP contribution < -0.4 is 16.6 Å². The van der Waals surface area contributed by atoms with Crippen molar-refractivity contribution in [2.24, 2.45) is 0 Å². The molecular formula is C22H34N4O9. The van der Waals surface area contributed by atoms with Gasteiger partial charge in [0.15, 0.2) is 0 Å². The van der Waals surface area contributed by atoms with Crippen molar-refractivity contribution in [3.8, 4) is 0 Å². The van der Waals surface area contributed by atoms with Crippen LogP contribution in [-0.4, -0.2) is 84.6 Å². The molecule has 1 amide bonds. The van der Waals surface area contributed by atoms with Gasteiger partial charge in [0.2, 0.25) is 0 Å². The molecule has 0 aliphatic carbocycles. The highest BCUT2D eigenvalue weighted by Crippen LogP contribution is 2.28. The average Bonchev–Trinajstić information content (AvgIpc) is 3.35. The largest absolute Gasteiger partial charge is 0.394 e. The quantitative estimate of drug-likeness (QED) is 0.261. The minimum atomic E-state index is -0.816. The van der Waals surface area contributed by atoms with Crippen molar-refractivity contribution < 1.29 is 34.7 Å².